The summed E-state index contributed by atoms with van der Waals surface area (Å²) in [5, 5.41) is 11.4. The van der Waals surface area contributed by atoms with E-state index in [1.807, 2.05) is 56.3 Å². The van der Waals surface area contributed by atoms with Gasteiger partial charge in [0, 0.05) is 10.8 Å². The van der Waals surface area contributed by atoms with E-state index in [1.54, 1.807) is 0 Å². The van der Waals surface area contributed by atoms with Crippen molar-refractivity contribution in [2.75, 3.05) is 0 Å². The van der Waals surface area contributed by atoms with Crippen LogP contribution in [-0.4, -0.2) is 34.2 Å². The van der Waals surface area contributed by atoms with Crippen LogP contribution in [0.15, 0.2) is 42.5 Å². The minimum Gasteiger partial charge on any atom is -0.425 e. The Morgan fingerprint density at radius 1 is 1.12 bits per heavy atom. The van der Waals surface area contributed by atoms with Gasteiger partial charge in [0.2, 0.25) is 6.04 Å². The fourth-order valence-electron chi connectivity index (χ4n) is 3.91. The summed E-state index contributed by atoms with van der Waals surface area (Å²) in [5.74, 6) is -0.422. The fourth-order valence-corrected chi connectivity index (χ4v) is 5.01. The third-order valence-electron chi connectivity index (χ3n) is 4.83. The van der Waals surface area contributed by atoms with Crippen molar-refractivity contribution in [1.82, 2.24) is 0 Å². The normalized spacial score (nSPS) is 38.8. The molecule has 6 atom stereocenters. The van der Waals surface area contributed by atoms with Crippen molar-refractivity contribution in [2.24, 2.45) is 11.8 Å². The standard InChI is InChI=1S/C17H19NO5S/c1-17(2)21-14-11-8-9-12(15(14)22-17)16(13(11)18(19)20)24-23-10-6-4-3-5-7-10/h3-9,11-16H,1-2H3. The van der Waals surface area contributed by atoms with Crippen LogP contribution in [0.3, 0.4) is 0 Å². The monoisotopic (exact) mass is 349 g/mol. The van der Waals surface area contributed by atoms with Crippen LogP contribution in [-0.2, 0) is 9.47 Å². The molecule has 6 unspecified atom stereocenters. The van der Waals surface area contributed by atoms with Gasteiger partial charge in [-0.2, -0.15) is 0 Å². The SMILES string of the molecule is CC1(C)OC2C3C=CC(C2O1)C([N+](=O)[O-])C3SOc1ccccc1. The summed E-state index contributed by atoms with van der Waals surface area (Å²) < 4.78 is 17.7. The number of nitrogens with zero attached hydrogens (tertiary/aromatic N) is 1. The molecular weight excluding hydrogens is 330 g/mol. The molecule has 0 aromatic heterocycles. The van der Waals surface area contributed by atoms with Crippen molar-refractivity contribution in [1.29, 1.82) is 0 Å². The molecule has 5 rings (SSSR count). The lowest BCUT2D eigenvalue weighted by Crippen LogP contribution is -2.60. The molecule has 1 aromatic carbocycles. The first kappa shape index (κ1) is 15.9. The van der Waals surface area contributed by atoms with Crippen LogP contribution in [0, 0.1) is 22.0 Å². The van der Waals surface area contributed by atoms with Crippen molar-refractivity contribution in [3.8, 4) is 5.75 Å². The van der Waals surface area contributed by atoms with Gasteiger partial charge in [-0.3, -0.25) is 10.1 Å². The first-order valence-corrected chi connectivity index (χ1v) is 8.82. The zero-order valence-electron chi connectivity index (χ0n) is 13.4. The number of hydrogen-bond donors (Lipinski definition) is 0. The first-order chi connectivity index (χ1) is 11.5. The van der Waals surface area contributed by atoms with Crippen LogP contribution in [0.1, 0.15) is 13.8 Å². The Morgan fingerprint density at radius 3 is 2.42 bits per heavy atom. The van der Waals surface area contributed by atoms with E-state index in [0.29, 0.717) is 5.75 Å². The molecule has 1 aromatic rings. The van der Waals surface area contributed by atoms with Crippen molar-refractivity contribution < 1.29 is 18.6 Å². The van der Waals surface area contributed by atoms with Crippen molar-refractivity contribution >= 4 is 12.0 Å². The lowest BCUT2D eigenvalue weighted by Gasteiger charge is -2.44. The van der Waals surface area contributed by atoms with Gasteiger partial charge in [-0.05, 0) is 26.0 Å². The van der Waals surface area contributed by atoms with E-state index < -0.39 is 11.8 Å². The van der Waals surface area contributed by atoms with Gasteiger partial charge < -0.3 is 13.7 Å². The highest BCUT2D eigenvalue weighted by Crippen LogP contribution is 2.51. The number of benzene rings is 1. The maximum absolute atomic E-state index is 11.7. The Morgan fingerprint density at radius 2 is 1.75 bits per heavy atom. The molecule has 4 aliphatic rings. The van der Waals surface area contributed by atoms with E-state index in [1.165, 1.54) is 12.0 Å². The van der Waals surface area contributed by atoms with E-state index in [9.17, 15) is 10.1 Å². The maximum Gasteiger partial charge on any atom is 0.237 e. The van der Waals surface area contributed by atoms with Gasteiger partial charge in [0.05, 0.1) is 24.1 Å². The lowest BCUT2D eigenvalue weighted by molar-refractivity contribution is -0.536. The maximum atomic E-state index is 11.7. The van der Waals surface area contributed by atoms with Gasteiger partial charge in [0.15, 0.2) is 5.79 Å². The van der Waals surface area contributed by atoms with Gasteiger partial charge in [-0.1, -0.05) is 30.4 Å². The summed E-state index contributed by atoms with van der Waals surface area (Å²) in [7, 11) is 0. The molecule has 1 saturated carbocycles. The number of fused-ring (bicyclic) bond motifs is 1. The highest BCUT2D eigenvalue weighted by atomic mass is 32.2. The second-order valence-electron chi connectivity index (χ2n) is 6.84. The third-order valence-corrected chi connectivity index (χ3v) is 5.93. The summed E-state index contributed by atoms with van der Waals surface area (Å²) in [6.45, 7) is 3.71. The summed E-state index contributed by atoms with van der Waals surface area (Å²) in [5.41, 5.74) is 0. The largest absolute Gasteiger partial charge is 0.425 e. The summed E-state index contributed by atoms with van der Waals surface area (Å²) >= 11 is 1.17. The third kappa shape index (κ3) is 2.60. The van der Waals surface area contributed by atoms with Crippen LogP contribution in [0.2, 0.25) is 0 Å². The van der Waals surface area contributed by atoms with Crippen LogP contribution >= 0.6 is 12.0 Å². The summed E-state index contributed by atoms with van der Waals surface area (Å²) in [4.78, 5) is 11.5. The molecule has 7 heteroatoms. The smallest absolute Gasteiger partial charge is 0.237 e. The van der Waals surface area contributed by atoms with Crippen LogP contribution in [0.5, 0.6) is 5.75 Å². The zero-order valence-corrected chi connectivity index (χ0v) is 14.2. The molecule has 1 aliphatic heterocycles. The van der Waals surface area contributed by atoms with E-state index in [0.717, 1.165) is 0 Å². The van der Waals surface area contributed by atoms with Crippen LogP contribution in [0.25, 0.3) is 0 Å². The highest BCUT2D eigenvalue weighted by Gasteiger charge is 2.63. The van der Waals surface area contributed by atoms with Crippen molar-refractivity contribution in [2.45, 2.75) is 43.1 Å². The minimum atomic E-state index is -0.743. The second kappa shape index (κ2) is 5.75. The van der Waals surface area contributed by atoms with E-state index in [4.69, 9.17) is 13.7 Å². The molecular formula is C17H19NO5S. The highest BCUT2D eigenvalue weighted by molar-refractivity contribution is 7.95. The van der Waals surface area contributed by atoms with Gasteiger partial charge in [-0.15, -0.1) is 0 Å². The molecule has 6 nitrogen and oxygen atoms in total. The first-order valence-electron chi connectivity index (χ1n) is 8.02. The molecule has 0 radical (unpaired) electrons. The lowest BCUT2D eigenvalue weighted by atomic mass is 9.69. The molecule has 3 aliphatic carbocycles. The molecule has 24 heavy (non-hydrogen) atoms. The van der Waals surface area contributed by atoms with E-state index >= 15 is 0 Å². The molecule has 2 bridgehead atoms. The van der Waals surface area contributed by atoms with Crippen molar-refractivity contribution in [3.63, 3.8) is 0 Å². The number of hydrogen-bond acceptors (Lipinski definition) is 6. The number of rotatable bonds is 4. The van der Waals surface area contributed by atoms with Gasteiger partial charge >= 0.3 is 0 Å². The predicted octanol–water partition coefficient (Wildman–Crippen LogP) is 3.06. The quantitative estimate of drug-likeness (QED) is 0.360. The topological polar surface area (TPSA) is 70.8 Å². The molecule has 0 amide bonds. The minimum absolute atomic E-state index is 0.106. The predicted molar refractivity (Wildman–Crippen MR) is 89.2 cm³/mol. The number of ether oxygens (including phenoxy) is 2. The Balaban J connectivity index is 1.59. The zero-order chi connectivity index (χ0) is 16.9. The second-order valence-corrected chi connectivity index (χ2v) is 7.74. The van der Waals surface area contributed by atoms with Crippen molar-refractivity contribution in [3.05, 3.63) is 52.6 Å². The number of nitro groups is 1. The Hall–Kier alpha value is -1.57. The van der Waals surface area contributed by atoms with E-state index in [-0.39, 0.29) is 34.2 Å². The molecule has 0 N–H and O–H groups in total. The number of para-hydroxylation sites is 1. The Kier molecular flexibility index (Phi) is 3.82. The average Bonchev–Trinajstić information content (AvgIpc) is 2.90. The summed E-state index contributed by atoms with van der Waals surface area (Å²) in [6.07, 6.45) is 3.52. The van der Waals surface area contributed by atoms with Crippen LogP contribution in [0.4, 0.5) is 0 Å². The average molecular weight is 349 g/mol. The van der Waals surface area contributed by atoms with Crippen LogP contribution < -0.4 is 4.18 Å². The molecule has 128 valence electrons. The Bertz CT molecular complexity index is 664. The Labute approximate surface area is 144 Å². The molecule has 0 spiro atoms. The molecule has 1 saturated heterocycles. The van der Waals surface area contributed by atoms with Gasteiger partial charge in [0.1, 0.15) is 17.1 Å². The fraction of sp³-hybridized carbons (Fsp3) is 0.529. The van der Waals surface area contributed by atoms with Gasteiger partial charge in [-0.25, -0.2) is 0 Å². The van der Waals surface area contributed by atoms with Gasteiger partial charge in [0.25, 0.3) is 0 Å². The molecule has 2 fully saturated rings. The summed E-state index contributed by atoms with van der Waals surface area (Å²) in [6, 6.07) is 8.59. The molecule has 1 heterocycles. The van der Waals surface area contributed by atoms with E-state index in [2.05, 4.69) is 0 Å².